The van der Waals surface area contributed by atoms with Gasteiger partial charge in [0.05, 0.1) is 40.6 Å². The molecule has 1 aromatic carbocycles. The molecule has 25 heavy (non-hydrogen) atoms. The van der Waals surface area contributed by atoms with E-state index in [4.69, 9.17) is 28.4 Å². The number of ether oxygens (including phenoxy) is 6. The molecule has 0 aliphatic carbocycles. The van der Waals surface area contributed by atoms with E-state index in [0.717, 1.165) is 19.6 Å². The van der Waals surface area contributed by atoms with E-state index in [0.29, 0.717) is 50.3 Å². The Labute approximate surface area is 150 Å². The third kappa shape index (κ3) is 8.40. The van der Waals surface area contributed by atoms with Gasteiger partial charge in [0.15, 0.2) is 11.5 Å². The highest BCUT2D eigenvalue weighted by atomic mass is 16.6. The standard InChI is InChI=1S/C18H31NO6/c1-20-11-8-19(9-12-21-2)10-13-24-14-15-25-18-16(22-3)6-5-7-17(18)23-4/h5-7H,8-15H2,1-4H3. The minimum Gasteiger partial charge on any atom is -0.493 e. The van der Waals surface area contributed by atoms with Crippen LogP contribution in [0.3, 0.4) is 0 Å². The summed E-state index contributed by atoms with van der Waals surface area (Å²) in [5.74, 6) is 1.88. The zero-order chi connectivity index (χ0) is 18.3. The van der Waals surface area contributed by atoms with Crippen LogP contribution in [0.15, 0.2) is 18.2 Å². The predicted octanol–water partition coefficient (Wildman–Crippen LogP) is 1.69. The fourth-order valence-corrected chi connectivity index (χ4v) is 2.23. The van der Waals surface area contributed by atoms with Crippen LogP contribution in [0.5, 0.6) is 17.2 Å². The molecule has 0 radical (unpaired) electrons. The van der Waals surface area contributed by atoms with E-state index in [-0.39, 0.29) is 0 Å². The first-order valence-corrected chi connectivity index (χ1v) is 8.38. The van der Waals surface area contributed by atoms with Crippen molar-refractivity contribution in [1.82, 2.24) is 4.90 Å². The Balaban J connectivity index is 2.29. The van der Waals surface area contributed by atoms with Crippen LogP contribution in [-0.2, 0) is 14.2 Å². The Kier molecular flexibility index (Phi) is 11.8. The highest BCUT2D eigenvalue weighted by Gasteiger charge is 2.11. The number of benzene rings is 1. The van der Waals surface area contributed by atoms with Crippen LogP contribution in [0.1, 0.15) is 0 Å². The molecule has 0 unspecified atom stereocenters. The van der Waals surface area contributed by atoms with E-state index < -0.39 is 0 Å². The van der Waals surface area contributed by atoms with E-state index in [1.807, 2.05) is 18.2 Å². The van der Waals surface area contributed by atoms with Gasteiger partial charge in [0.2, 0.25) is 5.75 Å². The minimum absolute atomic E-state index is 0.423. The molecule has 0 spiro atoms. The Morgan fingerprint density at radius 2 is 1.28 bits per heavy atom. The number of hydrogen-bond acceptors (Lipinski definition) is 7. The van der Waals surface area contributed by atoms with Gasteiger partial charge in [-0.15, -0.1) is 0 Å². The number of para-hydroxylation sites is 1. The van der Waals surface area contributed by atoms with Crippen LogP contribution >= 0.6 is 0 Å². The molecule has 0 aliphatic heterocycles. The zero-order valence-corrected chi connectivity index (χ0v) is 15.8. The smallest absolute Gasteiger partial charge is 0.203 e. The van der Waals surface area contributed by atoms with Crippen molar-refractivity contribution in [3.8, 4) is 17.2 Å². The first-order chi connectivity index (χ1) is 12.3. The van der Waals surface area contributed by atoms with Crippen LogP contribution in [0.25, 0.3) is 0 Å². The van der Waals surface area contributed by atoms with Crippen molar-refractivity contribution in [1.29, 1.82) is 0 Å². The number of nitrogens with zero attached hydrogens (tertiary/aromatic N) is 1. The largest absolute Gasteiger partial charge is 0.493 e. The maximum atomic E-state index is 5.76. The maximum absolute atomic E-state index is 5.76. The van der Waals surface area contributed by atoms with E-state index in [9.17, 15) is 0 Å². The second kappa shape index (κ2) is 13.7. The summed E-state index contributed by atoms with van der Waals surface area (Å²) in [7, 11) is 6.61. The Bertz CT molecular complexity index is 427. The molecule has 7 nitrogen and oxygen atoms in total. The lowest BCUT2D eigenvalue weighted by Gasteiger charge is -2.21. The van der Waals surface area contributed by atoms with E-state index >= 15 is 0 Å². The molecule has 0 fully saturated rings. The van der Waals surface area contributed by atoms with Crippen molar-refractivity contribution in [3.05, 3.63) is 18.2 Å². The second-order valence-corrected chi connectivity index (χ2v) is 5.28. The highest BCUT2D eigenvalue weighted by molar-refractivity contribution is 5.51. The summed E-state index contributed by atoms with van der Waals surface area (Å²) >= 11 is 0. The first-order valence-electron chi connectivity index (χ1n) is 8.38. The van der Waals surface area contributed by atoms with Gasteiger partial charge in [-0.25, -0.2) is 0 Å². The topological polar surface area (TPSA) is 58.6 Å². The molecule has 0 amide bonds. The fourth-order valence-electron chi connectivity index (χ4n) is 2.23. The lowest BCUT2D eigenvalue weighted by atomic mass is 10.3. The lowest BCUT2D eigenvalue weighted by molar-refractivity contribution is 0.0598. The quantitative estimate of drug-likeness (QED) is 0.443. The monoisotopic (exact) mass is 357 g/mol. The third-order valence-electron chi connectivity index (χ3n) is 3.63. The summed E-state index contributed by atoms with van der Waals surface area (Å²) in [6.45, 7) is 5.47. The van der Waals surface area contributed by atoms with E-state index in [1.54, 1.807) is 28.4 Å². The number of hydrogen-bond donors (Lipinski definition) is 0. The molecule has 0 atom stereocenters. The molecular weight excluding hydrogens is 326 g/mol. The molecule has 0 bridgehead atoms. The molecule has 144 valence electrons. The van der Waals surface area contributed by atoms with Crippen LogP contribution in [-0.4, -0.2) is 86.0 Å². The molecule has 7 heteroatoms. The van der Waals surface area contributed by atoms with E-state index in [1.165, 1.54) is 0 Å². The Hall–Kier alpha value is -1.54. The summed E-state index contributed by atoms with van der Waals surface area (Å²) in [5.41, 5.74) is 0. The van der Waals surface area contributed by atoms with Crippen LogP contribution < -0.4 is 14.2 Å². The van der Waals surface area contributed by atoms with Gasteiger partial charge in [0, 0.05) is 33.9 Å². The summed E-state index contributed by atoms with van der Waals surface area (Å²) in [6, 6.07) is 5.53. The molecule has 0 aliphatic rings. The third-order valence-corrected chi connectivity index (χ3v) is 3.63. The van der Waals surface area contributed by atoms with Gasteiger partial charge in [0.1, 0.15) is 6.61 Å². The van der Waals surface area contributed by atoms with Crippen LogP contribution in [0.4, 0.5) is 0 Å². The molecule has 0 aromatic heterocycles. The maximum Gasteiger partial charge on any atom is 0.203 e. The summed E-state index contributed by atoms with van der Waals surface area (Å²) in [6.07, 6.45) is 0. The normalized spacial score (nSPS) is 10.9. The van der Waals surface area contributed by atoms with Crippen LogP contribution in [0.2, 0.25) is 0 Å². The average molecular weight is 357 g/mol. The predicted molar refractivity (Wildman–Crippen MR) is 96.1 cm³/mol. The summed E-state index contributed by atoms with van der Waals surface area (Å²) in [5, 5.41) is 0. The van der Waals surface area contributed by atoms with Gasteiger partial charge in [-0.1, -0.05) is 6.07 Å². The van der Waals surface area contributed by atoms with Gasteiger partial charge < -0.3 is 28.4 Å². The molecular formula is C18H31NO6. The lowest BCUT2D eigenvalue weighted by Crippen LogP contribution is -2.34. The SMILES string of the molecule is COCCN(CCOC)CCOCCOc1c(OC)cccc1OC. The van der Waals surface area contributed by atoms with Crippen molar-refractivity contribution in [3.63, 3.8) is 0 Å². The van der Waals surface area contributed by atoms with Gasteiger partial charge in [-0.05, 0) is 12.1 Å². The number of rotatable bonds is 15. The van der Waals surface area contributed by atoms with Crippen molar-refractivity contribution in [2.75, 3.05) is 81.1 Å². The van der Waals surface area contributed by atoms with E-state index in [2.05, 4.69) is 4.90 Å². The van der Waals surface area contributed by atoms with Gasteiger partial charge in [0.25, 0.3) is 0 Å². The zero-order valence-electron chi connectivity index (χ0n) is 15.8. The van der Waals surface area contributed by atoms with Crippen molar-refractivity contribution in [2.24, 2.45) is 0 Å². The second-order valence-electron chi connectivity index (χ2n) is 5.28. The number of methoxy groups -OCH3 is 4. The molecule has 1 aromatic rings. The fraction of sp³-hybridized carbons (Fsp3) is 0.667. The summed E-state index contributed by atoms with van der Waals surface area (Å²) in [4.78, 5) is 2.25. The van der Waals surface area contributed by atoms with Gasteiger partial charge in [-0.3, -0.25) is 4.90 Å². The molecule has 1 rings (SSSR count). The van der Waals surface area contributed by atoms with Crippen molar-refractivity contribution in [2.45, 2.75) is 0 Å². The minimum atomic E-state index is 0.423. The van der Waals surface area contributed by atoms with Crippen LogP contribution in [0, 0.1) is 0 Å². The highest BCUT2D eigenvalue weighted by Crippen LogP contribution is 2.36. The average Bonchev–Trinajstić information content (AvgIpc) is 2.65. The Morgan fingerprint density at radius 1 is 0.720 bits per heavy atom. The Morgan fingerprint density at radius 3 is 1.80 bits per heavy atom. The molecule has 0 saturated carbocycles. The van der Waals surface area contributed by atoms with Crippen molar-refractivity contribution < 1.29 is 28.4 Å². The molecule has 0 N–H and O–H groups in total. The molecule has 0 saturated heterocycles. The summed E-state index contributed by atoms with van der Waals surface area (Å²) < 4.78 is 32.3. The van der Waals surface area contributed by atoms with Gasteiger partial charge in [-0.2, -0.15) is 0 Å². The molecule has 0 heterocycles. The first kappa shape index (κ1) is 21.5. The van der Waals surface area contributed by atoms with Gasteiger partial charge >= 0.3 is 0 Å². The van der Waals surface area contributed by atoms with Crippen molar-refractivity contribution >= 4 is 0 Å².